The molecule has 0 aliphatic heterocycles. The monoisotopic (exact) mass is 408 g/mol. The molecule has 0 radical (unpaired) electrons. The fourth-order valence-electron chi connectivity index (χ4n) is 2.25. The number of benzene rings is 1. The molecule has 0 aliphatic carbocycles. The van der Waals surface area contributed by atoms with Gasteiger partial charge in [0.2, 0.25) is 0 Å². The molecule has 0 fully saturated rings. The fraction of sp³-hybridized carbons (Fsp3) is 0.222. The van der Waals surface area contributed by atoms with E-state index in [1.54, 1.807) is 13.0 Å². The average molecular weight is 408 g/mol. The molecule has 0 aliphatic rings. The second kappa shape index (κ2) is 8.59. The first-order valence-electron chi connectivity index (χ1n) is 8.36. The van der Waals surface area contributed by atoms with Gasteiger partial charge in [0.15, 0.2) is 5.75 Å². The molecule has 2 heterocycles. The van der Waals surface area contributed by atoms with Crippen molar-refractivity contribution in [2.24, 2.45) is 0 Å². The molecule has 3 rings (SSSR count). The van der Waals surface area contributed by atoms with Crippen molar-refractivity contribution in [1.29, 1.82) is 0 Å². The first kappa shape index (κ1) is 20.1. The molecule has 0 unspecified atom stereocenters. The van der Waals surface area contributed by atoms with Crippen molar-refractivity contribution in [1.82, 2.24) is 19.7 Å². The van der Waals surface area contributed by atoms with Gasteiger partial charge in [0.05, 0.1) is 30.8 Å². The van der Waals surface area contributed by atoms with Crippen molar-refractivity contribution in [2.45, 2.75) is 19.9 Å². The van der Waals surface area contributed by atoms with Gasteiger partial charge < -0.3 is 14.2 Å². The molecule has 0 saturated heterocycles. The maximum absolute atomic E-state index is 12.3. The van der Waals surface area contributed by atoms with Gasteiger partial charge in [0, 0.05) is 6.20 Å². The Labute approximate surface area is 162 Å². The fourth-order valence-corrected chi connectivity index (χ4v) is 2.25. The lowest BCUT2D eigenvalue weighted by molar-refractivity contribution is -0.274. The lowest BCUT2D eigenvalue weighted by Crippen LogP contribution is -2.17. The molecule has 0 saturated carbocycles. The van der Waals surface area contributed by atoms with Gasteiger partial charge in [-0.15, -0.1) is 13.2 Å². The van der Waals surface area contributed by atoms with Crippen LogP contribution in [-0.2, 0) is 11.3 Å². The number of hydrogen-bond acceptors (Lipinski definition) is 7. The van der Waals surface area contributed by atoms with Crippen LogP contribution in [0, 0.1) is 0 Å². The highest BCUT2D eigenvalue weighted by Gasteiger charge is 2.31. The number of hydrogen-bond donors (Lipinski definition) is 0. The van der Waals surface area contributed by atoms with Gasteiger partial charge >= 0.3 is 12.3 Å². The van der Waals surface area contributed by atoms with Crippen LogP contribution in [0.5, 0.6) is 11.5 Å². The number of esters is 1. The summed E-state index contributed by atoms with van der Waals surface area (Å²) in [5.41, 5.74) is 0.735. The Bertz CT molecular complexity index is 974. The quantitative estimate of drug-likeness (QED) is 0.554. The number of rotatable bonds is 7. The Morgan fingerprint density at radius 1 is 1.14 bits per heavy atom. The first-order valence-corrected chi connectivity index (χ1v) is 8.36. The van der Waals surface area contributed by atoms with E-state index in [1.807, 2.05) is 0 Å². The summed E-state index contributed by atoms with van der Waals surface area (Å²) in [5.74, 6) is -0.334. The molecule has 0 amide bonds. The summed E-state index contributed by atoms with van der Waals surface area (Å²) in [6.07, 6.45) is 0.763. The highest BCUT2D eigenvalue weighted by molar-refractivity contribution is 5.88. The van der Waals surface area contributed by atoms with Gasteiger partial charge in [-0.05, 0) is 24.6 Å². The van der Waals surface area contributed by atoms with E-state index in [0.717, 1.165) is 0 Å². The van der Waals surface area contributed by atoms with Gasteiger partial charge in [-0.3, -0.25) is 0 Å². The zero-order valence-corrected chi connectivity index (χ0v) is 15.1. The lowest BCUT2D eigenvalue weighted by Gasteiger charge is -2.10. The number of nitrogens with zero attached hydrogens (tertiary/aromatic N) is 4. The van der Waals surface area contributed by atoms with Gasteiger partial charge in [0.25, 0.3) is 5.95 Å². The minimum atomic E-state index is -4.76. The van der Waals surface area contributed by atoms with Crippen LogP contribution in [0.2, 0.25) is 0 Å². The molecule has 2 aromatic heterocycles. The molecule has 3 aromatic rings. The van der Waals surface area contributed by atoms with Crippen LogP contribution < -0.4 is 9.47 Å². The topological polar surface area (TPSA) is 88.4 Å². The van der Waals surface area contributed by atoms with E-state index >= 15 is 0 Å². The number of carbonyl (C=O) groups excluding carboxylic acids is 1. The van der Waals surface area contributed by atoms with E-state index in [1.165, 1.54) is 47.7 Å². The van der Waals surface area contributed by atoms with Crippen molar-refractivity contribution in [3.63, 3.8) is 0 Å². The maximum atomic E-state index is 12.3. The van der Waals surface area contributed by atoms with Crippen LogP contribution in [0.1, 0.15) is 22.8 Å². The Hall–Kier alpha value is -3.63. The molecule has 152 valence electrons. The molecule has 1 aromatic carbocycles. The first-order chi connectivity index (χ1) is 13.8. The Balaban J connectivity index is 1.61. The Morgan fingerprint density at radius 3 is 2.59 bits per heavy atom. The number of ether oxygens (including phenoxy) is 3. The summed E-state index contributed by atoms with van der Waals surface area (Å²) in [6, 6.07) is 5.45. The van der Waals surface area contributed by atoms with E-state index in [9.17, 15) is 18.0 Å². The van der Waals surface area contributed by atoms with Crippen molar-refractivity contribution in [3.05, 3.63) is 60.2 Å². The summed E-state index contributed by atoms with van der Waals surface area (Å²) < 4.78 is 52.4. The smallest absolute Gasteiger partial charge is 0.486 e. The zero-order valence-electron chi connectivity index (χ0n) is 15.1. The third-order valence-electron chi connectivity index (χ3n) is 3.45. The third kappa shape index (κ3) is 5.67. The molecule has 0 bridgehead atoms. The van der Waals surface area contributed by atoms with Gasteiger partial charge in [0.1, 0.15) is 12.4 Å². The van der Waals surface area contributed by atoms with Crippen LogP contribution in [-0.4, -0.2) is 38.7 Å². The summed E-state index contributed by atoms with van der Waals surface area (Å²) in [5, 5.41) is 4.00. The van der Waals surface area contributed by atoms with Gasteiger partial charge in [-0.1, -0.05) is 12.1 Å². The average Bonchev–Trinajstić information content (AvgIpc) is 3.16. The van der Waals surface area contributed by atoms with Gasteiger partial charge in [-0.2, -0.15) is 5.10 Å². The second-order valence-corrected chi connectivity index (χ2v) is 5.60. The summed E-state index contributed by atoms with van der Waals surface area (Å²) in [4.78, 5) is 19.8. The minimum Gasteiger partial charge on any atom is -0.486 e. The largest absolute Gasteiger partial charge is 0.573 e. The van der Waals surface area contributed by atoms with Crippen molar-refractivity contribution < 1.29 is 32.2 Å². The Kier molecular flexibility index (Phi) is 5.96. The van der Waals surface area contributed by atoms with Crippen LogP contribution in [0.4, 0.5) is 13.2 Å². The third-order valence-corrected chi connectivity index (χ3v) is 3.45. The highest BCUT2D eigenvalue weighted by atomic mass is 19.4. The summed E-state index contributed by atoms with van der Waals surface area (Å²) >= 11 is 0. The molecular weight excluding hydrogens is 393 g/mol. The molecule has 29 heavy (non-hydrogen) atoms. The SMILES string of the molecule is CCOC(=O)c1cnn(-c2ncc(OCc3cccc(OC(F)(F)F)c3)cn2)c1. The van der Waals surface area contributed by atoms with E-state index in [0.29, 0.717) is 11.3 Å². The van der Waals surface area contributed by atoms with E-state index in [-0.39, 0.29) is 30.5 Å². The van der Waals surface area contributed by atoms with Crippen LogP contribution in [0.15, 0.2) is 49.1 Å². The normalized spacial score (nSPS) is 11.2. The standard InChI is InChI=1S/C18H15F3N4O4/c1-2-27-16(26)13-7-24-25(10-13)17-22-8-15(9-23-17)28-11-12-4-3-5-14(6-12)29-18(19,20)21/h3-10H,2,11H2,1H3. The maximum Gasteiger partial charge on any atom is 0.573 e. The zero-order chi connectivity index (χ0) is 20.9. The van der Waals surface area contributed by atoms with Crippen LogP contribution in [0.25, 0.3) is 5.95 Å². The Morgan fingerprint density at radius 2 is 1.90 bits per heavy atom. The molecule has 8 nitrogen and oxygen atoms in total. The van der Waals surface area contributed by atoms with Crippen LogP contribution in [0.3, 0.4) is 0 Å². The lowest BCUT2D eigenvalue weighted by atomic mass is 10.2. The van der Waals surface area contributed by atoms with Gasteiger partial charge in [-0.25, -0.2) is 19.4 Å². The van der Waals surface area contributed by atoms with Crippen molar-refractivity contribution >= 4 is 5.97 Å². The minimum absolute atomic E-state index is 0.00740. The number of aromatic nitrogens is 4. The number of halogens is 3. The van der Waals surface area contributed by atoms with Crippen LogP contribution >= 0.6 is 0 Å². The van der Waals surface area contributed by atoms with E-state index in [4.69, 9.17) is 9.47 Å². The molecule has 11 heteroatoms. The predicted octanol–water partition coefficient (Wildman–Crippen LogP) is 3.32. The molecule has 0 spiro atoms. The molecular formula is C18H15F3N4O4. The summed E-state index contributed by atoms with van der Waals surface area (Å²) in [7, 11) is 0. The second-order valence-electron chi connectivity index (χ2n) is 5.60. The number of carbonyl (C=O) groups is 1. The molecule has 0 N–H and O–H groups in total. The van der Waals surface area contributed by atoms with Crippen molar-refractivity contribution in [3.8, 4) is 17.4 Å². The predicted molar refractivity (Wildman–Crippen MR) is 92.6 cm³/mol. The van der Waals surface area contributed by atoms with E-state index < -0.39 is 12.3 Å². The van der Waals surface area contributed by atoms with Crippen molar-refractivity contribution in [2.75, 3.05) is 6.61 Å². The van der Waals surface area contributed by atoms with E-state index in [2.05, 4.69) is 19.8 Å². The number of alkyl halides is 3. The highest BCUT2D eigenvalue weighted by Crippen LogP contribution is 2.23. The summed E-state index contributed by atoms with van der Waals surface area (Å²) in [6.45, 7) is 1.94. The molecule has 0 atom stereocenters.